The van der Waals surface area contributed by atoms with Gasteiger partial charge in [0, 0.05) is 4.88 Å². The maximum absolute atomic E-state index is 5.15. The van der Waals surface area contributed by atoms with E-state index in [4.69, 9.17) is 4.74 Å². The molecule has 0 amide bonds. The fourth-order valence-corrected chi connectivity index (χ4v) is 3.12. The van der Waals surface area contributed by atoms with Crippen LogP contribution in [0.4, 0.5) is 0 Å². The summed E-state index contributed by atoms with van der Waals surface area (Å²) in [7, 11) is 0. The molecule has 0 aromatic carbocycles. The third-order valence-electron chi connectivity index (χ3n) is 1.68. The van der Waals surface area contributed by atoms with Crippen LogP contribution in [0.15, 0.2) is 15.9 Å². The van der Waals surface area contributed by atoms with Crippen molar-refractivity contribution in [1.29, 1.82) is 0 Å². The van der Waals surface area contributed by atoms with E-state index in [-0.39, 0.29) is 4.32 Å². The molecule has 1 aliphatic rings. The molecule has 0 atom stereocenters. The summed E-state index contributed by atoms with van der Waals surface area (Å²) in [6.07, 6.45) is 0. The number of hydrogen-bond donors (Lipinski definition) is 0. The smallest absolute Gasteiger partial charge is 0.106 e. The number of ether oxygens (including phenoxy) is 1. The van der Waals surface area contributed by atoms with Gasteiger partial charge in [0.25, 0.3) is 0 Å². The molecule has 0 saturated carbocycles. The normalized spacial score (nSPS) is 21.3. The standard InChI is InChI=1S/C7H6Br2OS/c8-6-2-1-5(11-6)7(9)3-10-4-7/h1-2H,3-4H2. The van der Waals surface area contributed by atoms with Crippen molar-refractivity contribution >= 4 is 43.2 Å². The summed E-state index contributed by atoms with van der Waals surface area (Å²) in [5.74, 6) is 0. The maximum atomic E-state index is 5.15. The highest BCUT2D eigenvalue weighted by Gasteiger charge is 2.38. The second-order valence-electron chi connectivity index (χ2n) is 2.56. The zero-order valence-electron chi connectivity index (χ0n) is 5.64. The van der Waals surface area contributed by atoms with E-state index in [1.807, 2.05) is 0 Å². The summed E-state index contributed by atoms with van der Waals surface area (Å²) in [6.45, 7) is 1.58. The molecule has 0 N–H and O–H groups in total. The third-order valence-corrected chi connectivity index (χ3v) is 4.65. The van der Waals surface area contributed by atoms with Crippen molar-refractivity contribution in [2.75, 3.05) is 13.2 Å². The predicted octanol–water partition coefficient (Wildman–Crippen LogP) is 3.13. The van der Waals surface area contributed by atoms with E-state index in [0.717, 1.165) is 13.2 Å². The van der Waals surface area contributed by atoms with Crippen LogP contribution in [0.5, 0.6) is 0 Å². The Kier molecular flexibility index (Phi) is 2.12. The van der Waals surface area contributed by atoms with Crippen molar-refractivity contribution in [3.05, 3.63) is 20.8 Å². The van der Waals surface area contributed by atoms with Gasteiger partial charge in [-0.25, -0.2) is 0 Å². The van der Waals surface area contributed by atoms with Gasteiger partial charge in [0.05, 0.1) is 17.0 Å². The van der Waals surface area contributed by atoms with Crippen LogP contribution in [0.25, 0.3) is 0 Å². The average molecular weight is 298 g/mol. The quantitative estimate of drug-likeness (QED) is 0.724. The fraction of sp³-hybridized carbons (Fsp3) is 0.429. The number of alkyl halides is 1. The van der Waals surface area contributed by atoms with Gasteiger partial charge in [0.2, 0.25) is 0 Å². The highest BCUT2D eigenvalue weighted by Crippen LogP contribution is 2.42. The van der Waals surface area contributed by atoms with Gasteiger partial charge in [-0.15, -0.1) is 11.3 Å². The summed E-state index contributed by atoms with van der Waals surface area (Å²) in [6, 6.07) is 4.20. The molecule has 4 heteroatoms. The fourth-order valence-electron chi connectivity index (χ4n) is 0.979. The van der Waals surface area contributed by atoms with Crippen LogP contribution in [-0.2, 0) is 9.06 Å². The van der Waals surface area contributed by atoms with Gasteiger partial charge in [-0.05, 0) is 28.1 Å². The second kappa shape index (κ2) is 2.83. The molecule has 2 rings (SSSR count). The molecule has 1 saturated heterocycles. The molecule has 1 aliphatic heterocycles. The molecule has 0 spiro atoms. The minimum absolute atomic E-state index is 0.115. The third kappa shape index (κ3) is 1.41. The Morgan fingerprint density at radius 3 is 2.55 bits per heavy atom. The average Bonchev–Trinajstić information content (AvgIpc) is 2.31. The number of thiophene rings is 1. The van der Waals surface area contributed by atoms with Gasteiger partial charge >= 0.3 is 0 Å². The molecular formula is C7H6Br2OS. The van der Waals surface area contributed by atoms with Crippen LogP contribution in [0.1, 0.15) is 4.88 Å². The van der Waals surface area contributed by atoms with Crippen molar-refractivity contribution in [3.8, 4) is 0 Å². The Hall–Kier alpha value is 0.620. The topological polar surface area (TPSA) is 9.23 Å². The first-order valence-corrected chi connectivity index (χ1v) is 5.63. The Morgan fingerprint density at radius 1 is 1.45 bits per heavy atom. The van der Waals surface area contributed by atoms with Crippen molar-refractivity contribution < 1.29 is 4.74 Å². The largest absolute Gasteiger partial charge is 0.378 e. The lowest BCUT2D eigenvalue weighted by Gasteiger charge is -2.34. The van der Waals surface area contributed by atoms with Crippen molar-refractivity contribution in [3.63, 3.8) is 0 Å². The Bertz CT molecular complexity index is 267. The summed E-state index contributed by atoms with van der Waals surface area (Å²) in [5, 5.41) is 0. The zero-order valence-corrected chi connectivity index (χ0v) is 9.63. The van der Waals surface area contributed by atoms with Crippen LogP contribution in [0, 0.1) is 0 Å². The Labute approximate surface area is 86.0 Å². The first-order valence-electron chi connectivity index (χ1n) is 3.23. The highest BCUT2D eigenvalue weighted by molar-refractivity contribution is 9.11. The molecule has 0 bridgehead atoms. The minimum Gasteiger partial charge on any atom is -0.378 e. The monoisotopic (exact) mass is 296 g/mol. The van der Waals surface area contributed by atoms with Crippen molar-refractivity contribution in [2.24, 2.45) is 0 Å². The van der Waals surface area contributed by atoms with E-state index in [9.17, 15) is 0 Å². The first-order chi connectivity index (χ1) is 5.21. The molecular weight excluding hydrogens is 292 g/mol. The molecule has 1 fully saturated rings. The number of rotatable bonds is 1. The molecule has 60 valence electrons. The number of halogens is 2. The minimum atomic E-state index is 0.115. The molecule has 2 heterocycles. The lowest BCUT2D eigenvalue weighted by Crippen LogP contribution is -2.40. The van der Waals surface area contributed by atoms with Crippen molar-refractivity contribution in [2.45, 2.75) is 4.32 Å². The van der Waals surface area contributed by atoms with Crippen molar-refractivity contribution in [1.82, 2.24) is 0 Å². The van der Waals surface area contributed by atoms with E-state index < -0.39 is 0 Å². The summed E-state index contributed by atoms with van der Waals surface area (Å²) in [5.41, 5.74) is 0. The van der Waals surface area contributed by atoms with Crippen LogP contribution >= 0.6 is 43.2 Å². The van der Waals surface area contributed by atoms with Gasteiger partial charge in [-0.1, -0.05) is 15.9 Å². The van der Waals surface area contributed by atoms with Crippen LogP contribution in [-0.4, -0.2) is 13.2 Å². The number of hydrogen-bond acceptors (Lipinski definition) is 2. The molecule has 0 unspecified atom stereocenters. The molecule has 1 aromatic heterocycles. The van der Waals surface area contributed by atoms with Crippen LogP contribution in [0.2, 0.25) is 0 Å². The maximum Gasteiger partial charge on any atom is 0.106 e. The molecule has 1 nitrogen and oxygen atoms in total. The van der Waals surface area contributed by atoms with Gasteiger partial charge in [0.1, 0.15) is 4.32 Å². The summed E-state index contributed by atoms with van der Waals surface area (Å²) >= 11 is 8.85. The second-order valence-corrected chi connectivity index (χ2v) is 6.54. The van der Waals surface area contributed by atoms with Gasteiger partial charge in [-0.3, -0.25) is 0 Å². The summed E-state index contributed by atoms with van der Waals surface area (Å²) in [4.78, 5) is 1.34. The van der Waals surface area contributed by atoms with E-state index in [2.05, 4.69) is 44.0 Å². The lowest BCUT2D eigenvalue weighted by molar-refractivity contribution is -0.00541. The van der Waals surface area contributed by atoms with Gasteiger partial charge in [-0.2, -0.15) is 0 Å². The molecule has 11 heavy (non-hydrogen) atoms. The van der Waals surface area contributed by atoms with E-state index in [1.165, 1.54) is 8.66 Å². The Balaban J connectivity index is 2.28. The first kappa shape index (κ1) is 8.23. The summed E-state index contributed by atoms with van der Waals surface area (Å²) < 4.78 is 6.44. The Morgan fingerprint density at radius 2 is 2.18 bits per heavy atom. The van der Waals surface area contributed by atoms with Crippen LogP contribution in [0.3, 0.4) is 0 Å². The molecule has 1 aromatic rings. The van der Waals surface area contributed by atoms with E-state index in [0.29, 0.717) is 0 Å². The molecule has 0 radical (unpaired) electrons. The van der Waals surface area contributed by atoms with E-state index in [1.54, 1.807) is 11.3 Å². The lowest BCUT2D eigenvalue weighted by atomic mass is 10.1. The molecule has 0 aliphatic carbocycles. The highest BCUT2D eigenvalue weighted by atomic mass is 79.9. The van der Waals surface area contributed by atoms with E-state index >= 15 is 0 Å². The van der Waals surface area contributed by atoms with Crippen LogP contribution < -0.4 is 0 Å². The van der Waals surface area contributed by atoms with Gasteiger partial charge < -0.3 is 4.74 Å². The predicted molar refractivity (Wildman–Crippen MR) is 53.4 cm³/mol. The zero-order chi connectivity index (χ0) is 7.90. The van der Waals surface area contributed by atoms with Gasteiger partial charge in [0.15, 0.2) is 0 Å². The SMILES string of the molecule is Brc1ccc(C2(Br)COC2)s1.